The van der Waals surface area contributed by atoms with Gasteiger partial charge in [0.25, 0.3) is 0 Å². The number of hydrogen-bond donors (Lipinski definition) is 2. The van der Waals surface area contributed by atoms with Crippen LogP contribution in [0.2, 0.25) is 0 Å². The number of allylic oxidation sites excluding steroid dienone is 2. The van der Waals surface area contributed by atoms with E-state index in [4.69, 9.17) is 0 Å². The Morgan fingerprint density at radius 1 is 1.14 bits per heavy atom. The molecular formula is C23H19BrN2O2S. The fraction of sp³-hybridized carbons (Fsp3) is 0.217. The first-order chi connectivity index (χ1) is 13.8. The van der Waals surface area contributed by atoms with E-state index in [2.05, 4.69) is 25.9 Å². The van der Waals surface area contributed by atoms with Crippen molar-refractivity contribution in [1.29, 1.82) is 0 Å². The quantitative estimate of drug-likeness (QED) is 0.338. The molecule has 5 rings (SSSR count). The molecule has 4 aromatic rings. The van der Waals surface area contributed by atoms with Gasteiger partial charge in [0.15, 0.2) is 5.78 Å². The molecule has 0 aliphatic heterocycles. The fourth-order valence-corrected chi connectivity index (χ4v) is 5.37. The summed E-state index contributed by atoms with van der Waals surface area (Å²) in [6.45, 7) is 4.04. The number of thiazole rings is 1. The molecule has 1 aliphatic carbocycles. The normalized spacial score (nSPS) is 16.9. The van der Waals surface area contributed by atoms with Crippen LogP contribution in [-0.2, 0) is 4.79 Å². The van der Waals surface area contributed by atoms with Crippen LogP contribution in [0.1, 0.15) is 32.3 Å². The first-order valence-corrected chi connectivity index (χ1v) is 11.1. The average molecular weight is 467 g/mol. The van der Waals surface area contributed by atoms with Crippen molar-refractivity contribution in [2.24, 2.45) is 5.41 Å². The minimum atomic E-state index is -0.242. The molecule has 0 saturated carbocycles. The molecule has 6 heteroatoms. The number of fused-ring (bicyclic) bond motifs is 3. The average Bonchev–Trinajstić information content (AvgIpc) is 3.25. The highest BCUT2D eigenvalue weighted by Crippen LogP contribution is 2.46. The minimum Gasteiger partial charge on any atom is -0.512 e. The number of benzene rings is 2. The molecule has 0 saturated heterocycles. The molecule has 0 spiro atoms. The molecule has 0 atom stereocenters. The van der Waals surface area contributed by atoms with Gasteiger partial charge >= 0.3 is 0 Å². The summed E-state index contributed by atoms with van der Waals surface area (Å²) in [6, 6.07) is 12.0. The van der Waals surface area contributed by atoms with E-state index in [1.54, 1.807) is 11.3 Å². The highest BCUT2D eigenvalue weighted by Gasteiger charge is 2.36. The number of nitrogens with zero attached hydrogens (tertiary/aromatic N) is 1. The lowest BCUT2D eigenvalue weighted by molar-refractivity contribution is -0.116. The van der Waals surface area contributed by atoms with E-state index in [1.165, 1.54) is 0 Å². The van der Waals surface area contributed by atoms with E-state index < -0.39 is 0 Å². The highest BCUT2D eigenvalue weighted by molar-refractivity contribution is 9.10. The van der Waals surface area contributed by atoms with Crippen LogP contribution in [0.5, 0.6) is 0 Å². The number of aliphatic hydroxyl groups is 1. The zero-order chi connectivity index (χ0) is 20.3. The maximum atomic E-state index is 13.2. The molecule has 0 radical (unpaired) electrons. The number of carbonyl (C=O) groups excluding carboxylic acids is 1. The summed E-state index contributed by atoms with van der Waals surface area (Å²) in [5, 5.41) is 11.9. The lowest BCUT2D eigenvalue weighted by Gasteiger charge is -2.29. The van der Waals surface area contributed by atoms with Gasteiger partial charge in [-0.1, -0.05) is 41.9 Å². The van der Waals surface area contributed by atoms with Crippen molar-refractivity contribution in [3.8, 4) is 11.3 Å². The number of ketones is 1. The Labute approximate surface area is 180 Å². The Morgan fingerprint density at radius 3 is 2.62 bits per heavy atom. The first kappa shape index (κ1) is 18.6. The number of hydrogen-bond acceptors (Lipinski definition) is 4. The van der Waals surface area contributed by atoms with Crippen LogP contribution < -0.4 is 0 Å². The molecule has 2 heterocycles. The Kier molecular flexibility index (Phi) is 4.19. The van der Waals surface area contributed by atoms with Crippen molar-refractivity contribution in [1.82, 2.24) is 9.97 Å². The largest absolute Gasteiger partial charge is 0.512 e. The maximum Gasteiger partial charge on any atom is 0.167 e. The van der Waals surface area contributed by atoms with Crippen molar-refractivity contribution < 1.29 is 9.90 Å². The monoisotopic (exact) mass is 466 g/mol. The van der Waals surface area contributed by atoms with Gasteiger partial charge in [-0.05, 0) is 35.2 Å². The second-order valence-corrected chi connectivity index (χ2v) is 10.1. The lowest BCUT2D eigenvalue weighted by atomic mass is 9.74. The molecule has 1 aliphatic rings. The molecule has 0 bridgehead atoms. The third kappa shape index (κ3) is 3.02. The van der Waals surface area contributed by atoms with Crippen LogP contribution in [-0.4, -0.2) is 20.9 Å². The molecule has 4 nitrogen and oxygen atoms in total. The van der Waals surface area contributed by atoms with Crippen molar-refractivity contribution in [3.63, 3.8) is 0 Å². The Bertz CT molecular complexity index is 1310. The number of aromatic nitrogens is 2. The Morgan fingerprint density at radius 2 is 1.90 bits per heavy atom. The SMILES string of the molecule is CC1(C)CC(=O)C(c2c(-c3ccc(Br)cc3)[nH]c3ccc4ncsc4c23)=C(O)C1. The molecule has 2 aromatic heterocycles. The van der Waals surface area contributed by atoms with Gasteiger partial charge < -0.3 is 10.1 Å². The predicted molar refractivity (Wildman–Crippen MR) is 122 cm³/mol. The summed E-state index contributed by atoms with van der Waals surface area (Å²) in [7, 11) is 0. The summed E-state index contributed by atoms with van der Waals surface area (Å²) >= 11 is 5.04. The maximum absolute atomic E-state index is 13.2. The van der Waals surface area contributed by atoms with E-state index in [0.29, 0.717) is 18.4 Å². The number of aliphatic hydroxyl groups excluding tert-OH is 1. The van der Waals surface area contributed by atoms with Crippen LogP contribution >= 0.6 is 27.3 Å². The number of nitrogens with one attached hydrogen (secondary N) is 1. The van der Waals surface area contributed by atoms with E-state index in [9.17, 15) is 9.90 Å². The molecule has 2 N–H and O–H groups in total. The van der Waals surface area contributed by atoms with Crippen molar-refractivity contribution in [2.75, 3.05) is 0 Å². The van der Waals surface area contributed by atoms with Gasteiger partial charge in [0.05, 0.1) is 27.0 Å². The third-order valence-electron chi connectivity index (χ3n) is 5.49. The number of Topliss-reactive ketones (excluding diaryl/α,β-unsaturated/α-hetero) is 1. The fourth-order valence-electron chi connectivity index (χ4n) is 4.26. The van der Waals surface area contributed by atoms with E-state index >= 15 is 0 Å². The molecule has 0 unspecified atom stereocenters. The summed E-state index contributed by atoms with van der Waals surface area (Å²) in [5.74, 6) is 0.159. The number of H-pyrrole nitrogens is 1. The summed E-state index contributed by atoms with van der Waals surface area (Å²) in [4.78, 5) is 21.2. The molecule has 0 fully saturated rings. The van der Waals surface area contributed by atoms with Crippen LogP contribution in [0.25, 0.3) is 38.0 Å². The zero-order valence-electron chi connectivity index (χ0n) is 16.0. The van der Waals surface area contributed by atoms with E-state index in [-0.39, 0.29) is 17.0 Å². The zero-order valence-corrected chi connectivity index (χ0v) is 18.4. The van der Waals surface area contributed by atoms with Crippen molar-refractivity contribution in [2.45, 2.75) is 26.7 Å². The van der Waals surface area contributed by atoms with Crippen LogP contribution in [0, 0.1) is 5.41 Å². The van der Waals surface area contributed by atoms with Gasteiger partial charge in [-0.3, -0.25) is 4.79 Å². The van der Waals surface area contributed by atoms with Crippen molar-refractivity contribution >= 4 is 59.7 Å². The molecule has 146 valence electrons. The number of carbonyl (C=O) groups is 1. The molecule has 2 aromatic carbocycles. The Balaban J connectivity index is 1.89. The van der Waals surface area contributed by atoms with Gasteiger partial charge in [-0.15, -0.1) is 11.3 Å². The number of halogens is 1. The van der Waals surface area contributed by atoms with Crippen LogP contribution in [0.15, 0.2) is 52.1 Å². The lowest BCUT2D eigenvalue weighted by Crippen LogP contribution is -2.25. The van der Waals surface area contributed by atoms with Crippen LogP contribution in [0.4, 0.5) is 0 Å². The second kappa shape index (κ2) is 6.54. The number of aromatic amines is 1. The van der Waals surface area contributed by atoms with Crippen molar-refractivity contribution in [3.05, 3.63) is 57.7 Å². The highest BCUT2D eigenvalue weighted by atomic mass is 79.9. The van der Waals surface area contributed by atoms with E-state index in [0.717, 1.165) is 42.4 Å². The topological polar surface area (TPSA) is 66.0 Å². The van der Waals surface area contributed by atoms with Crippen LogP contribution in [0.3, 0.4) is 0 Å². The first-order valence-electron chi connectivity index (χ1n) is 9.43. The number of rotatable bonds is 2. The van der Waals surface area contributed by atoms with Gasteiger partial charge in [0, 0.05) is 33.8 Å². The van der Waals surface area contributed by atoms with E-state index in [1.807, 2.05) is 55.8 Å². The summed E-state index contributed by atoms with van der Waals surface area (Å²) in [5.41, 5.74) is 6.46. The van der Waals surface area contributed by atoms with Gasteiger partial charge in [0.1, 0.15) is 5.76 Å². The second-order valence-electron chi connectivity index (χ2n) is 8.33. The Hall–Kier alpha value is -2.44. The van der Waals surface area contributed by atoms with Gasteiger partial charge in [-0.2, -0.15) is 0 Å². The summed E-state index contributed by atoms with van der Waals surface area (Å²) < 4.78 is 2.01. The molecular weight excluding hydrogens is 448 g/mol. The smallest absolute Gasteiger partial charge is 0.167 e. The summed E-state index contributed by atoms with van der Waals surface area (Å²) in [6.07, 6.45) is 0.900. The van der Waals surface area contributed by atoms with Gasteiger partial charge in [0.2, 0.25) is 0 Å². The van der Waals surface area contributed by atoms with Gasteiger partial charge in [-0.25, -0.2) is 4.98 Å². The predicted octanol–water partition coefficient (Wildman–Crippen LogP) is 6.87. The standard InChI is InChI=1S/C23H19BrN2O2S/c1-23(2)9-16(27)19(17(28)10-23)20-18-14(7-8-15-22(18)29-11-25-15)26-21(20)12-3-5-13(24)6-4-12/h3-8,11,26-27H,9-10H2,1-2H3. The molecule has 0 amide bonds. The third-order valence-corrected chi connectivity index (χ3v) is 6.88. The minimum absolute atomic E-state index is 0.0143. The molecule has 29 heavy (non-hydrogen) atoms.